The second-order valence-electron chi connectivity index (χ2n) is 7.09. The van der Waals surface area contributed by atoms with Gasteiger partial charge < -0.3 is 10.2 Å². The van der Waals surface area contributed by atoms with Crippen molar-refractivity contribution in [3.63, 3.8) is 0 Å². The Hall–Kier alpha value is -2.69. The Morgan fingerprint density at radius 3 is 2.26 bits per heavy atom. The van der Waals surface area contributed by atoms with E-state index in [0.717, 1.165) is 5.56 Å². The lowest BCUT2D eigenvalue weighted by Crippen LogP contribution is -2.48. The van der Waals surface area contributed by atoms with Gasteiger partial charge in [0, 0.05) is 13.1 Å². The molecule has 0 radical (unpaired) electrons. The van der Waals surface area contributed by atoms with Crippen LogP contribution < -0.4 is 5.32 Å². The minimum atomic E-state index is -0.650. The van der Waals surface area contributed by atoms with E-state index in [9.17, 15) is 14.0 Å². The molecule has 0 heterocycles. The van der Waals surface area contributed by atoms with Crippen LogP contribution in [-0.2, 0) is 22.6 Å². The molecule has 0 aliphatic rings. The molecule has 2 aromatic carbocycles. The zero-order valence-electron chi connectivity index (χ0n) is 16.1. The van der Waals surface area contributed by atoms with Gasteiger partial charge in [0.2, 0.25) is 11.8 Å². The van der Waals surface area contributed by atoms with Crippen LogP contribution >= 0.6 is 0 Å². The van der Waals surface area contributed by atoms with Crippen LogP contribution in [0.4, 0.5) is 4.39 Å². The lowest BCUT2D eigenvalue weighted by atomic mass is 10.1. The van der Waals surface area contributed by atoms with E-state index in [-0.39, 0.29) is 18.2 Å². The van der Waals surface area contributed by atoms with Crippen molar-refractivity contribution in [1.29, 1.82) is 0 Å². The van der Waals surface area contributed by atoms with E-state index in [2.05, 4.69) is 5.32 Å². The van der Waals surface area contributed by atoms with Gasteiger partial charge in [0.15, 0.2) is 0 Å². The fraction of sp³-hybridized carbons (Fsp3) is 0.364. The molecule has 0 aliphatic carbocycles. The van der Waals surface area contributed by atoms with Crippen molar-refractivity contribution in [3.8, 4) is 0 Å². The number of hydrogen-bond acceptors (Lipinski definition) is 2. The van der Waals surface area contributed by atoms with Crippen LogP contribution in [0.5, 0.6) is 0 Å². The second kappa shape index (κ2) is 9.86. The highest BCUT2D eigenvalue weighted by molar-refractivity contribution is 5.88. The average molecular weight is 370 g/mol. The maximum absolute atomic E-state index is 14.0. The summed E-state index contributed by atoms with van der Waals surface area (Å²) in [5.41, 5.74) is 1.25. The Morgan fingerprint density at radius 1 is 1.00 bits per heavy atom. The Balaban J connectivity index is 2.19. The monoisotopic (exact) mass is 370 g/mol. The van der Waals surface area contributed by atoms with Crippen molar-refractivity contribution in [1.82, 2.24) is 10.2 Å². The normalized spacial score (nSPS) is 11.9. The summed E-state index contributed by atoms with van der Waals surface area (Å²) in [6, 6.07) is 15.1. The maximum Gasteiger partial charge on any atom is 0.242 e. The molecule has 0 fully saturated rings. The number of nitrogens with one attached hydrogen (secondary N) is 1. The highest BCUT2D eigenvalue weighted by Gasteiger charge is 2.26. The van der Waals surface area contributed by atoms with Gasteiger partial charge in [0.25, 0.3) is 0 Å². The van der Waals surface area contributed by atoms with Gasteiger partial charge in [-0.25, -0.2) is 4.39 Å². The van der Waals surface area contributed by atoms with Gasteiger partial charge >= 0.3 is 0 Å². The molecule has 2 rings (SSSR count). The minimum absolute atomic E-state index is 0.0820. The van der Waals surface area contributed by atoms with Gasteiger partial charge in [-0.3, -0.25) is 9.59 Å². The standard InChI is InChI=1S/C22H27FN2O2/c1-16(2)14-24-22(27)17(3)25(15-18-9-5-4-6-10-18)21(26)13-19-11-7-8-12-20(19)23/h4-12,16-17H,13-15H2,1-3H3,(H,24,27)/t17-/m1/s1. The molecule has 2 aromatic rings. The lowest BCUT2D eigenvalue weighted by molar-refractivity contribution is -0.140. The summed E-state index contributed by atoms with van der Waals surface area (Å²) in [5.74, 6) is -0.585. The van der Waals surface area contributed by atoms with Gasteiger partial charge in [0.05, 0.1) is 6.42 Å². The molecular weight excluding hydrogens is 343 g/mol. The molecule has 0 bridgehead atoms. The molecule has 144 valence electrons. The van der Waals surface area contributed by atoms with Crippen LogP contribution in [0.25, 0.3) is 0 Å². The predicted octanol–water partition coefficient (Wildman–Crippen LogP) is 3.56. The summed E-state index contributed by atoms with van der Waals surface area (Å²) in [5, 5.41) is 2.87. The molecule has 0 spiro atoms. The molecule has 4 nitrogen and oxygen atoms in total. The number of benzene rings is 2. The molecule has 0 aromatic heterocycles. The number of carbonyl (C=O) groups excluding carboxylic acids is 2. The second-order valence-corrected chi connectivity index (χ2v) is 7.09. The maximum atomic E-state index is 14.0. The number of nitrogens with zero attached hydrogens (tertiary/aromatic N) is 1. The Labute approximate surface area is 160 Å². The van der Waals surface area contributed by atoms with Crippen molar-refractivity contribution in [3.05, 3.63) is 71.5 Å². The molecule has 0 saturated heterocycles. The molecule has 0 saturated carbocycles. The summed E-state index contributed by atoms with van der Waals surface area (Å²) in [4.78, 5) is 27.0. The summed E-state index contributed by atoms with van der Waals surface area (Å²) < 4.78 is 14.0. The smallest absolute Gasteiger partial charge is 0.242 e. The number of amides is 2. The number of carbonyl (C=O) groups is 2. The SMILES string of the molecule is CC(C)CNC(=O)[C@@H](C)N(Cc1ccccc1)C(=O)Cc1ccccc1F. The van der Waals surface area contributed by atoms with Gasteiger partial charge in [-0.2, -0.15) is 0 Å². The van der Waals surface area contributed by atoms with Crippen LogP contribution in [0.15, 0.2) is 54.6 Å². The predicted molar refractivity (Wildman–Crippen MR) is 104 cm³/mol. The molecule has 0 unspecified atom stereocenters. The van der Waals surface area contributed by atoms with Crippen LogP contribution in [0.1, 0.15) is 31.9 Å². The number of hydrogen-bond donors (Lipinski definition) is 1. The van der Waals surface area contributed by atoms with Crippen molar-refractivity contribution < 1.29 is 14.0 Å². The molecule has 5 heteroatoms. The molecule has 0 aliphatic heterocycles. The fourth-order valence-corrected chi connectivity index (χ4v) is 2.72. The number of halogens is 1. The van der Waals surface area contributed by atoms with Crippen LogP contribution in [-0.4, -0.2) is 29.3 Å². The Kier molecular flexibility index (Phi) is 7.53. The summed E-state index contributed by atoms with van der Waals surface area (Å²) in [6.07, 6.45) is -0.0820. The third-order valence-electron chi connectivity index (χ3n) is 4.35. The van der Waals surface area contributed by atoms with Crippen LogP contribution in [0, 0.1) is 11.7 Å². The van der Waals surface area contributed by atoms with Crippen LogP contribution in [0.2, 0.25) is 0 Å². The average Bonchev–Trinajstić information content (AvgIpc) is 2.66. The first kappa shape index (κ1) is 20.6. The van der Waals surface area contributed by atoms with Gasteiger partial charge in [-0.1, -0.05) is 62.4 Å². The van der Waals surface area contributed by atoms with E-state index < -0.39 is 11.9 Å². The zero-order chi connectivity index (χ0) is 19.8. The third kappa shape index (κ3) is 6.20. The Morgan fingerprint density at radius 2 is 1.63 bits per heavy atom. The summed E-state index contributed by atoms with van der Waals surface area (Å²) in [6.45, 7) is 6.57. The lowest BCUT2D eigenvalue weighted by Gasteiger charge is -2.29. The van der Waals surface area contributed by atoms with E-state index in [1.807, 2.05) is 44.2 Å². The number of rotatable bonds is 8. The van der Waals surface area contributed by atoms with E-state index in [0.29, 0.717) is 24.6 Å². The first-order valence-electron chi connectivity index (χ1n) is 9.23. The van der Waals surface area contributed by atoms with Crippen molar-refractivity contribution in [2.24, 2.45) is 5.92 Å². The summed E-state index contributed by atoms with van der Waals surface area (Å²) >= 11 is 0. The van der Waals surface area contributed by atoms with Crippen molar-refractivity contribution in [2.75, 3.05) is 6.54 Å². The zero-order valence-corrected chi connectivity index (χ0v) is 16.1. The molecule has 27 heavy (non-hydrogen) atoms. The Bertz CT molecular complexity index is 762. The first-order valence-corrected chi connectivity index (χ1v) is 9.23. The molecule has 1 atom stereocenters. The van der Waals surface area contributed by atoms with Crippen molar-refractivity contribution in [2.45, 2.75) is 39.8 Å². The van der Waals surface area contributed by atoms with Gasteiger partial charge in [-0.15, -0.1) is 0 Å². The minimum Gasteiger partial charge on any atom is -0.354 e. The largest absolute Gasteiger partial charge is 0.354 e. The van der Waals surface area contributed by atoms with E-state index in [1.54, 1.807) is 25.1 Å². The molecule has 1 N–H and O–H groups in total. The molecule has 2 amide bonds. The van der Waals surface area contributed by atoms with E-state index >= 15 is 0 Å². The van der Waals surface area contributed by atoms with Gasteiger partial charge in [0.1, 0.15) is 11.9 Å². The highest BCUT2D eigenvalue weighted by atomic mass is 19.1. The fourth-order valence-electron chi connectivity index (χ4n) is 2.72. The third-order valence-corrected chi connectivity index (χ3v) is 4.35. The highest BCUT2D eigenvalue weighted by Crippen LogP contribution is 2.14. The quantitative estimate of drug-likeness (QED) is 0.772. The van der Waals surface area contributed by atoms with Crippen molar-refractivity contribution >= 4 is 11.8 Å². The molecular formula is C22H27FN2O2. The van der Waals surface area contributed by atoms with E-state index in [1.165, 1.54) is 11.0 Å². The summed E-state index contributed by atoms with van der Waals surface area (Å²) in [7, 11) is 0. The first-order chi connectivity index (χ1) is 12.9. The topological polar surface area (TPSA) is 49.4 Å². The van der Waals surface area contributed by atoms with E-state index in [4.69, 9.17) is 0 Å². The van der Waals surface area contributed by atoms with Crippen LogP contribution in [0.3, 0.4) is 0 Å². The van der Waals surface area contributed by atoms with Gasteiger partial charge in [-0.05, 0) is 30.0 Å².